The van der Waals surface area contributed by atoms with E-state index in [0.29, 0.717) is 0 Å². The lowest BCUT2D eigenvalue weighted by Gasteiger charge is -1.93. The van der Waals surface area contributed by atoms with Gasteiger partial charge in [-0.25, -0.2) is 4.98 Å². The van der Waals surface area contributed by atoms with Crippen molar-refractivity contribution in [2.45, 2.75) is 6.92 Å². The van der Waals surface area contributed by atoms with Crippen LogP contribution in [0.3, 0.4) is 0 Å². The number of rotatable bonds is 3. The second-order valence-corrected chi connectivity index (χ2v) is 6.13. The molecule has 0 N–H and O–H groups in total. The van der Waals surface area contributed by atoms with E-state index in [2.05, 4.69) is 71.2 Å². The average Bonchev–Trinajstić information content (AvgIpc) is 3.09. The largest absolute Gasteiger partial charge is 0.236 e. The zero-order chi connectivity index (χ0) is 13.1. The average molecular weight is 283 g/mol. The summed E-state index contributed by atoms with van der Waals surface area (Å²) in [5.74, 6) is 0. The summed E-state index contributed by atoms with van der Waals surface area (Å²) in [6.45, 7) is 2.10. The van der Waals surface area contributed by atoms with E-state index in [9.17, 15) is 0 Å². The summed E-state index contributed by atoms with van der Waals surface area (Å²) in [5.41, 5.74) is 3.56. The van der Waals surface area contributed by atoms with Gasteiger partial charge in [-0.05, 0) is 30.0 Å². The normalized spacial score (nSPS) is 11.2. The molecular formula is C16H13NS2. The third-order valence-corrected chi connectivity index (χ3v) is 4.49. The van der Waals surface area contributed by atoms with Crippen molar-refractivity contribution in [2.75, 3.05) is 0 Å². The topological polar surface area (TPSA) is 12.9 Å². The van der Waals surface area contributed by atoms with Crippen LogP contribution in [0, 0.1) is 6.92 Å². The molecule has 0 saturated carbocycles. The first-order valence-electron chi connectivity index (χ1n) is 6.05. The fourth-order valence-electron chi connectivity index (χ4n) is 1.75. The molecular weight excluding hydrogens is 270 g/mol. The summed E-state index contributed by atoms with van der Waals surface area (Å²) in [7, 11) is 0. The first-order chi connectivity index (χ1) is 9.31. The lowest BCUT2D eigenvalue weighted by atomic mass is 10.1. The van der Waals surface area contributed by atoms with Crippen LogP contribution in [0.2, 0.25) is 0 Å². The van der Waals surface area contributed by atoms with Gasteiger partial charge in [0.2, 0.25) is 0 Å². The van der Waals surface area contributed by atoms with Crippen molar-refractivity contribution in [3.05, 3.63) is 63.3 Å². The molecule has 0 aliphatic rings. The molecule has 3 heteroatoms. The Bertz CT molecular complexity index is 676. The molecule has 94 valence electrons. The number of aryl methyl sites for hydroxylation is 1. The second kappa shape index (κ2) is 5.51. The molecule has 0 radical (unpaired) electrons. The molecule has 0 unspecified atom stereocenters. The van der Waals surface area contributed by atoms with Gasteiger partial charge in [-0.1, -0.05) is 42.0 Å². The third-order valence-electron chi connectivity index (χ3n) is 2.79. The molecule has 0 atom stereocenters. The Kier molecular flexibility index (Phi) is 3.58. The Morgan fingerprint density at radius 3 is 2.58 bits per heavy atom. The molecule has 2 heterocycles. The van der Waals surface area contributed by atoms with Gasteiger partial charge in [0.05, 0.1) is 10.6 Å². The Morgan fingerprint density at radius 2 is 1.84 bits per heavy atom. The van der Waals surface area contributed by atoms with Crippen LogP contribution in [-0.2, 0) is 0 Å². The Hall–Kier alpha value is -1.71. The van der Waals surface area contributed by atoms with Gasteiger partial charge in [0.15, 0.2) is 0 Å². The predicted octanol–water partition coefficient (Wildman–Crippen LogP) is 5.35. The van der Waals surface area contributed by atoms with Crippen LogP contribution in [-0.4, -0.2) is 4.98 Å². The highest BCUT2D eigenvalue weighted by molar-refractivity contribution is 7.14. The molecule has 3 aromatic rings. The van der Waals surface area contributed by atoms with Gasteiger partial charge < -0.3 is 0 Å². The van der Waals surface area contributed by atoms with Crippen molar-refractivity contribution in [3.63, 3.8) is 0 Å². The van der Waals surface area contributed by atoms with Gasteiger partial charge >= 0.3 is 0 Å². The first-order valence-corrected chi connectivity index (χ1v) is 7.81. The van der Waals surface area contributed by atoms with Crippen molar-refractivity contribution < 1.29 is 0 Å². The van der Waals surface area contributed by atoms with Crippen molar-refractivity contribution in [1.29, 1.82) is 0 Å². The molecule has 0 fully saturated rings. The highest BCUT2D eigenvalue weighted by Gasteiger charge is 2.02. The maximum absolute atomic E-state index is 4.63. The highest BCUT2D eigenvalue weighted by Crippen LogP contribution is 2.26. The molecule has 0 spiro atoms. The lowest BCUT2D eigenvalue weighted by Crippen LogP contribution is -1.75. The summed E-state index contributed by atoms with van der Waals surface area (Å²) in [6.07, 6.45) is 4.18. The Morgan fingerprint density at radius 1 is 1.00 bits per heavy atom. The summed E-state index contributed by atoms with van der Waals surface area (Å²) >= 11 is 3.40. The van der Waals surface area contributed by atoms with E-state index in [-0.39, 0.29) is 0 Å². The van der Waals surface area contributed by atoms with Crippen molar-refractivity contribution in [3.8, 4) is 10.6 Å². The van der Waals surface area contributed by atoms with Gasteiger partial charge in [0, 0.05) is 5.38 Å². The van der Waals surface area contributed by atoms with Crippen molar-refractivity contribution >= 4 is 34.8 Å². The van der Waals surface area contributed by atoms with Crippen molar-refractivity contribution in [2.24, 2.45) is 0 Å². The fraction of sp³-hybridized carbons (Fsp3) is 0.0625. The standard InChI is InChI=1S/C16H13NS2/c1-12-4-6-13(7-5-12)8-9-16-17-14(11-19-16)15-3-2-10-18-15/h2-11H,1H3/b9-8+. The monoisotopic (exact) mass is 283 g/mol. The van der Waals surface area contributed by atoms with E-state index in [1.807, 2.05) is 0 Å². The summed E-state index contributed by atoms with van der Waals surface area (Å²) < 4.78 is 0. The van der Waals surface area contributed by atoms with Crippen molar-refractivity contribution in [1.82, 2.24) is 4.98 Å². The first kappa shape index (κ1) is 12.3. The van der Waals surface area contributed by atoms with Gasteiger partial charge in [-0.15, -0.1) is 22.7 Å². The number of hydrogen-bond acceptors (Lipinski definition) is 3. The molecule has 19 heavy (non-hydrogen) atoms. The quantitative estimate of drug-likeness (QED) is 0.631. The highest BCUT2D eigenvalue weighted by atomic mass is 32.1. The zero-order valence-electron chi connectivity index (χ0n) is 10.5. The van der Waals surface area contributed by atoms with Gasteiger partial charge in [0.25, 0.3) is 0 Å². The van der Waals surface area contributed by atoms with Gasteiger partial charge in [0.1, 0.15) is 5.01 Å². The zero-order valence-corrected chi connectivity index (χ0v) is 12.2. The van der Waals surface area contributed by atoms with Crippen LogP contribution in [0.25, 0.3) is 22.7 Å². The molecule has 0 aliphatic carbocycles. The smallest absolute Gasteiger partial charge is 0.116 e. The van der Waals surface area contributed by atoms with Crippen LogP contribution in [0.1, 0.15) is 16.1 Å². The number of benzene rings is 1. The molecule has 2 aromatic heterocycles. The number of thiazole rings is 1. The molecule has 0 amide bonds. The molecule has 0 aliphatic heterocycles. The minimum atomic E-state index is 1.05. The SMILES string of the molecule is Cc1ccc(/C=C/c2nc(-c3cccs3)cs2)cc1. The van der Waals surface area contributed by atoms with Crippen LogP contribution >= 0.6 is 22.7 Å². The van der Waals surface area contributed by atoms with E-state index < -0.39 is 0 Å². The maximum atomic E-state index is 4.63. The summed E-state index contributed by atoms with van der Waals surface area (Å²) in [4.78, 5) is 5.86. The maximum Gasteiger partial charge on any atom is 0.116 e. The molecule has 3 rings (SSSR count). The number of aromatic nitrogens is 1. The van der Waals surface area contributed by atoms with Crippen LogP contribution in [0.5, 0.6) is 0 Å². The summed E-state index contributed by atoms with van der Waals surface area (Å²) in [6, 6.07) is 12.7. The third kappa shape index (κ3) is 3.00. The summed E-state index contributed by atoms with van der Waals surface area (Å²) in [5, 5.41) is 5.24. The van der Waals surface area contributed by atoms with E-state index in [1.165, 1.54) is 16.0 Å². The molecule has 1 aromatic carbocycles. The molecule has 0 bridgehead atoms. The minimum Gasteiger partial charge on any atom is -0.236 e. The lowest BCUT2D eigenvalue weighted by molar-refractivity contribution is 1.40. The van der Waals surface area contributed by atoms with E-state index in [0.717, 1.165) is 10.7 Å². The van der Waals surface area contributed by atoms with Gasteiger partial charge in [-0.2, -0.15) is 0 Å². The Balaban J connectivity index is 1.78. The van der Waals surface area contributed by atoms with Crippen LogP contribution < -0.4 is 0 Å². The number of hydrogen-bond donors (Lipinski definition) is 0. The second-order valence-electron chi connectivity index (χ2n) is 4.29. The fourth-order valence-corrected chi connectivity index (χ4v) is 3.22. The van der Waals surface area contributed by atoms with Crippen LogP contribution in [0.4, 0.5) is 0 Å². The predicted molar refractivity (Wildman–Crippen MR) is 85.5 cm³/mol. The van der Waals surface area contributed by atoms with Crippen LogP contribution in [0.15, 0.2) is 47.2 Å². The van der Waals surface area contributed by atoms with Gasteiger partial charge in [-0.3, -0.25) is 0 Å². The van der Waals surface area contributed by atoms with E-state index in [4.69, 9.17) is 0 Å². The van der Waals surface area contributed by atoms with E-state index >= 15 is 0 Å². The number of nitrogens with zero attached hydrogens (tertiary/aromatic N) is 1. The minimum absolute atomic E-state index is 1.05. The number of thiophene rings is 1. The molecule has 1 nitrogen and oxygen atoms in total. The van der Waals surface area contributed by atoms with E-state index in [1.54, 1.807) is 22.7 Å². The Labute approximate surface area is 120 Å². The molecule has 0 saturated heterocycles.